The van der Waals surface area contributed by atoms with E-state index in [2.05, 4.69) is 10.2 Å². The number of rotatable bonds is 8. The number of primary amides is 1. The first kappa shape index (κ1) is 18.8. The largest absolute Gasteiger partial charge is 0.497 e. The number of thioether (sulfide) groups is 1. The van der Waals surface area contributed by atoms with Gasteiger partial charge in [-0.2, -0.15) is 0 Å². The zero-order chi connectivity index (χ0) is 19.2. The average Bonchev–Trinajstić information content (AvgIpc) is 3.07. The summed E-state index contributed by atoms with van der Waals surface area (Å²) < 4.78 is 13.0. The molecule has 1 amide bonds. The van der Waals surface area contributed by atoms with Crippen LogP contribution in [-0.2, 0) is 11.4 Å². The van der Waals surface area contributed by atoms with Crippen molar-refractivity contribution in [3.05, 3.63) is 59.9 Å². The van der Waals surface area contributed by atoms with E-state index in [0.717, 1.165) is 17.0 Å². The second kappa shape index (κ2) is 8.59. The predicted molar refractivity (Wildman–Crippen MR) is 103 cm³/mol. The molecule has 2 aromatic carbocycles. The first-order chi connectivity index (χ1) is 13.1. The van der Waals surface area contributed by atoms with Crippen molar-refractivity contribution in [3.63, 3.8) is 0 Å². The van der Waals surface area contributed by atoms with Gasteiger partial charge in [0.1, 0.15) is 18.1 Å². The maximum absolute atomic E-state index is 11.2. The van der Waals surface area contributed by atoms with Crippen LogP contribution in [0.25, 0.3) is 5.69 Å². The molecule has 1 aromatic heterocycles. The van der Waals surface area contributed by atoms with E-state index in [4.69, 9.17) is 15.2 Å². The highest BCUT2D eigenvalue weighted by atomic mass is 32.2. The maximum atomic E-state index is 11.2. The molecule has 0 spiro atoms. The highest BCUT2D eigenvalue weighted by molar-refractivity contribution is 7.99. The number of nitrogens with zero attached hydrogens (tertiary/aromatic N) is 3. The fourth-order valence-electron chi connectivity index (χ4n) is 2.48. The third-order valence-corrected chi connectivity index (χ3v) is 4.66. The average molecular weight is 384 g/mol. The van der Waals surface area contributed by atoms with Gasteiger partial charge in [-0.15, -0.1) is 10.2 Å². The van der Waals surface area contributed by atoms with Crippen molar-refractivity contribution in [2.24, 2.45) is 5.73 Å². The van der Waals surface area contributed by atoms with E-state index in [9.17, 15) is 4.79 Å². The summed E-state index contributed by atoms with van der Waals surface area (Å²) in [6, 6.07) is 15.3. The number of carbonyl (C=O) groups is 1. The fourth-order valence-corrected chi connectivity index (χ4v) is 3.19. The lowest BCUT2D eigenvalue weighted by Gasteiger charge is -2.12. The number of nitrogens with two attached hydrogens (primary N) is 1. The molecule has 27 heavy (non-hydrogen) atoms. The second-order valence-electron chi connectivity index (χ2n) is 5.80. The molecular formula is C19H20N4O3S. The van der Waals surface area contributed by atoms with E-state index in [-0.39, 0.29) is 12.4 Å². The molecule has 2 N–H and O–H groups in total. The lowest BCUT2D eigenvalue weighted by molar-refractivity contribution is -0.115. The van der Waals surface area contributed by atoms with Gasteiger partial charge in [-0.05, 0) is 36.8 Å². The smallest absolute Gasteiger partial charge is 0.227 e. The van der Waals surface area contributed by atoms with E-state index >= 15 is 0 Å². The quantitative estimate of drug-likeness (QED) is 0.601. The lowest BCUT2D eigenvalue weighted by atomic mass is 10.2. The van der Waals surface area contributed by atoms with Crippen LogP contribution in [0.15, 0.2) is 53.7 Å². The van der Waals surface area contributed by atoms with Crippen LogP contribution in [0.2, 0.25) is 0 Å². The van der Waals surface area contributed by atoms with Gasteiger partial charge in [0.15, 0.2) is 11.0 Å². The number of hydrogen-bond acceptors (Lipinski definition) is 6. The van der Waals surface area contributed by atoms with Gasteiger partial charge in [-0.1, -0.05) is 30.0 Å². The van der Waals surface area contributed by atoms with Crippen molar-refractivity contribution in [2.75, 3.05) is 12.9 Å². The van der Waals surface area contributed by atoms with Gasteiger partial charge in [0, 0.05) is 6.07 Å². The number of methoxy groups -OCH3 is 1. The van der Waals surface area contributed by atoms with Crippen molar-refractivity contribution >= 4 is 17.7 Å². The van der Waals surface area contributed by atoms with E-state index in [1.807, 2.05) is 60.0 Å². The highest BCUT2D eigenvalue weighted by Gasteiger charge is 2.16. The maximum Gasteiger partial charge on any atom is 0.227 e. The van der Waals surface area contributed by atoms with Crippen LogP contribution in [0, 0.1) is 6.92 Å². The minimum Gasteiger partial charge on any atom is -0.497 e. The summed E-state index contributed by atoms with van der Waals surface area (Å²) in [6.07, 6.45) is 0. The van der Waals surface area contributed by atoms with Crippen molar-refractivity contribution in [1.29, 1.82) is 0 Å². The first-order valence-corrected chi connectivity index (χ1v) is 9.24. The van der Waals surface area contributed by atoms with E-state index < -0.39 is 5.91 Å². The van der Waals surface area contributed by atoms with Gasteiger partial charge in [0.05, 0.1) is 18.6 Å². The summed E-state index contributed by atoms with van der Waals surface area (Å²) >= 11 is 1.23. The Morgan fingerprint density at radius 2 is 1.93 bits per heavy atom. The molecule has 8 heteroatoms. The topological polar surface area (TPSA) is 92.3 Å². The van der Waals surface area contributed by atoms with Gasteiger partial charge >= 0.3 is 0 Å². The fraction of sp³-hybridized carbons (Fsp3) is 0.211. The zero-order valence-electron chi connectivity index (χ0n) is 15.1. The Balaban J connectivity index is 1.91. The molecule has 7 nitrogen and oxygen atoms in total. The molecule has 0 aliphatic rings. The SMILES string of the molecule is COc1cccc(-n2c(COc3cccc(C)c3)nnc2SCC(N)=O)c1. The molecule has 0 aliphatic carbocycles. The molecule has 3 rings (SSSR count). The number of carbonyl (C=O) groups excluding carboxylic acids is 1. The monoisotopic (exact) mass is 384 g/mol. The standard InChI is InChI=1S/C19H20N4O3S/c1-13-5-3-8-16(9-13)26-11-18-21-22-19(27-12-17(20)24)23(18)14-6-4-7-15(10-14)25-2/h3-10H,11-12H2,1-2H3,(H2,20,24). The lowest BCUT2D eigenvalue weighted by Crippen LogP contribution is -2.14. The molecule has 0 bridgehead atoms. The van der Waals surface area contributed by atoms with Crippen LogP contribution in [-0.4, -0.2) is 33.5 Å². The summed E-state index contributed by atoms with van der Waals surface area (Å²) in [7, 11) is 1.61. The van der Waals surface area contributed by atoms with Gasteiger partial charge in [0.2, 0.25) is 5.91 Å². The van der Waals surface area contributed by atoms with Crippen LogP contribution in [0.1, 0.15) is 11.4 Å². The number of benzene rings is 2. The Labute approximate surface area is 161 Å². The summed E-state index contributed by atoms with van der Waals surface area (Å²) in [6.45, 7) is 2.23. The molecule has 0 atom stereocenters. The van der Waals surface area contributed by atoms with Crippen molar-refractivity contribution < 1.29 is 14.3 Å². The molecule has 140 valence electrons. The summed E-state index contributed by atoms with van der Waals surface area (Å²) in [5.74, 6) is 1.76. The molecule has 0 fully saturated rings. The normalized spacial score (nSPS) is 10.6. The second-order valence-corrected chi connectivity index (χ2v) is 6.74. The number of aryl methyl sites for hydroxylation is 1. The van der Waals surface area contributed by atoms with Gasteiger partial charge < -0.3 is 15.2 Å². The number of amides is 1. The van der Waals surface area contributed by atoms with Crippen molar-refractivity contribution in [1.82, 2.24) is 14.8 Å². The third kappa shape index (κ3) is 4.79. The van der Waals surface area contributed by atoms with E-state index in [0.29, 0.717) is 16.7 Å². The number of aromatic nitrogens is 3. The van der Waals surface area contributed by atoms with Crippen LogP contribution in [0.3, 0.4) is 0 Å². The third-order valence-electron chi connectivity index (χ3n) is 3.71. The molecular weight excluding hydrogens is 364 g/mol. The van der Waals surface area contributed by atoms with Crippen LogP contribution < -0.4 is 15.2 Å². The minimum absolute atomic E-state index is 0.112. The van der Waals surface area contributed by atoms with E-state index in [1.165, 1.54) is 11.8 Å². The molecule has 0 unspecified atom stereocenters. The van der Waals surface area contributed by atoms with Crippen molar-refractivity contribution in [3.8, 4) is 17.2 Å². The van der Waals surface area contributed by atoms with E-state index in [1.54, 1.807) is 7.11 Å². The molecule has 0 aliphatic heterocycles. The summed E-state index contributed by atoms with van der Waals surface area (Å²) in [5.41, 5.74) is 7.19. The Morgan fingerprint density at radius 3 is 2.67 bits per heavy atom. The Bertz CT molecular complexity index is 942. The molecule has 3 aromatic rings. The molecule has 1 heterocycles. The summed E-state index contributed by atoms with van der Waals surface area (Å²) in [4.78, 5) is 11.2. The van der Waals surface area contributed by atoms with Crippen molar-refractivity contribution in [2.45, 2.75) is 18.7 Å². The minimum atomic E-state index is -0.419. The number of hydrogen-bond donors (Lipinski definition) is 1. The van der Waals surface area contributed by atoms with Gasteiger partial charge in [0.25, 0.3) is 0 Å². The first-order valence-electron chi connectivity index (χ1n) is 8.26. The zero-order valence-corrected chi connectivity index (χ0v) is 15.9. The van der Waals surface area contributed by atoms with Crippen LogP contribution in [0.5, 0.6) is 11.5 Å². The predicted octanol–water partition coefficient (Wildman–Crippen LogP) is 2.74. The Hall–Kier alpha value is -3.00. The molecule has 0 saturated carbocycles. The van der Waals surface area contributed by atoms with Gasteiger partial charge in [-0.3, -0.25) is 9.36 Å². The van der Waals surface area contributed by atoms with Gasteiger partial charge in [-0.25, -0.2) is 0 Å². The highest BCUT2D eigenvalue weighted by Crippen LogP contribution is 2.25. The molecule has 0 radical (unpaired) electrons. The Morgan fingerprint density at radius 1 is 1.15 bits per heavy atom. The van der Waals surface area contributed by atoms with Crippen LogP contribution in [0.4, 0.5) is 0 Å². The number of ether oxygens (including phenoxy) is 2. The summed E-state index contributed by atoms with van der Waals surface area (Å²) in [5, 5.41) is 8.99. The Kier molecular flexibility index (Phi) is 5.97. The molecule has 0 saturated heterocycles. The van der Waals surface area contributed by atoms with Crippen LogP contribution >= 0.6 is 11.8 Å².